The second-order valence-electron chi connectivity index (χ2n) is 3.19. The normalized spacial score (nSPS) is 14.3. The largest absolute Gasteiger partial charge is 0.383 e. The van der Waals surface area contributed by atoms with Gasteiger partial charge in [0, 0.05) is 42.0 Å². The van der Waals surface area contributed by atoms with E-state index in [2.05, 4.69) is 10.6 Å². The highest BCUT2D eigenvalue weighted by Gasteiger charge is 2.03. The molecular weight excluding hydrogens is 232 g/mol. The fourth-order valence-electron chi connectivity index (χ4n) is 0.989. The lowest BCUT2D eigenvalue weighted by Gasteiger charge is -2.15. The first-order chi connectivity index (χ1) is 7.10. The average molecular weight is 252 g/mol. The highest BCUT2D eigenvalue weighted by molar-refractivity contribution is 7.84. The Kier molecular flexibility index (Phi) is 8.94. The van der Waals surface area contributed by atoms with Crippen LogP contribution in [0.2, 0.25) is 0 Å². The standard InChI is InChI=1S/C9H20N2O2S2/c1-4-15(12)6-5-10-9(14)11-8(2)7-13-3/h8H,4-7H2,1-3H3,(H2,10,11,14). The lowest BCUT2D eigenvalue weighted by Crippen LogP contribution is -2.43. The third kappa shape index (κ3) is 8.77. The minimum Gasteiger partial charge on any atom is -0.383 e. The van der Waals surface area contributed by atoms with Crippen molar-refractivity contribution in [2.75, 3.05) is 31.8 Å². The molecule has 0 aromatic heterocycles. The summed E-state index contributed by atoms with van der Waals surface area (Å²) in [5, 5.41) is 6.67. The van der Waals surface area contributed by atoms with Crippen molar-refractivity contribution in [3.8, 4) is 0 Å². The Hall–Kier alpha value is -0.200. The quantitative estimate of drug-likeness (QED) is 0.636. The van der Waals surface area contributed by atoms with E-state index in [1.54, 1.807) is 7.11 Å². The summed E-state index contributed by atoms with van der Waals surface area (Å²) < 4.78 is 16.1. The molecule has 0 saturated heterocycles. The van der Waals surface area contributed by atoms with Crippen molar-refractivity contribution in [2.45, 2.75) is 19.9 Å². The van der Waals surface area contributed by atoms with Gasteiger partial charge < -0.3 is 15.4 Å². The summed E-state index contributed by atoms with van der Waals surface area (Å²) in [6.45, 7) is 5.16. The summed E-state index contributed by atoms with van der Waals surface area (Å²) in [6.07, 6.45) is 0. The molecule has 2 atom stereocenters. The third-order valence-corrected chi connectivity index (χ3v) is 3.30. The van der Waals surface area contributed by atoms with E-state index in [0.29, 0.717) is 29.8 Å². The molecule has 0 amide bonds. The molecule has 4 nitrogen and oxygen atoms in total. The van der Waals surface area contributed by atoms with E-state index in [1.807, 2.05) is 13.8 Å². The molecule has 0 saturated carbocycles. The lowest BCUT2D eigenvalue weighted by molar-refractivity contribution is 0.179. The van der Waals surface area contributed by atoms with E-state index >= 15 is 0 Å². The molecule has 2 N–H and O–H groups in total. The molecule has 0 aromatic carbocycles. The van der Waals surface area contributed by atoms with Crippen LogP contribution in [0.25, 0.3) is 0 Å². The van der Waals surface area contributed by atoms with E-state index in [0.717, 1.165) is 0 Å². The van der Waals surface area contributed by atoms with Crippen molar-refractivity contribution in [2.24, 2.45) is 0 Å². The molecule has 0 fully saturated rings. The Morgan fingerprint density at radius 1 is 1.60 bits per heavy atom. The summed E-state index contributed by atoms with van der Waals surface area (Å²) in [7, 11) is 0.918. The van der Waals surface area contributed by atoms with Crippen molar-refractivity contribution in [3.05, 3.63) is 0 Å². The maximum absolute atomic E-state index is 11.1. The zero-order valence-electron chi connectivity index (χ0n) is 9.54. The third-order valence-electron chi connectivity index (χ3n) is 1.73. The minimum absolute atomic E-state index is 0.187. The number of nitrogens with one attached hydrogen (secondary N) is 2. The number of rotatable bonds is 7. The van der Waals surface area contributed by atoms with E-state index in [4.69, 9.17) is 17.0 Å². The number of hydrogen-bond acceptors (Lipinski definition) is 3. The van der Waals surface area contributed by atoms with Crippen molar-refractivity contribution in [1.29, 1.82) is 0 Å². The number of methoxy groups -OCH3 is 1. The van der Waals surface area contributed by atoms with Crippen LogP contribution in [0.1, 0.15) is 13.8 Å². The van der Waals surface area contributed by atoms with Gasteiger partial charge in [-0.25, -0.2) is 0 Å². The van der Waals surface area contributed by atoms with Crippen LogP contribution < -0.4 is 10.6 Å². The SMILES string of the molecule is CCS(=O)CCNC(=S)NC(C)COC. The molecule has 15 heavy (non-hydrogen) atoms. The summed E-state index contributed by atoms with van der Waals surface area (Å²) in [5.41, 5.74) is 0. The second-order valence-corrected chi connectivity index (χ2v) is 5.46. The average Bonchev–Trinajstić information content (AvgIpc) is 2.17. The molecule has 0 radical (unpaired) electrons. The Bertz CT molecular complexity index is 212. The summed E-state index contributed by atoms with van der Waals surface area (Å²) >= 11 is 5.06. The first-order valence-corrected chi connectivity index (χ1v) is 6.88. The topological polar surface area (TPSA) is 50.4 Å². The van der Waals surface area contributed by atoms with Gasteiger partial charge in [-0.3, -0.25) is 4.21 Å². The van der Waals surface area contributed by atoms with E-state index in [1.165, 1.54) is 0 Å². The number of ether oxygens (including phenoxy) is 1. The summed E-state index contributed by atoms with van der Waals surface area (Å²) in [4.78, 5) is 0. The van der Waals surface area contributed by atoms with Crippen LogP contribution in [0.15, 0.2) is 0 Å². The van der Waals surface area contributed by atoms with Gasteiger partial charge in [0.15, 0.2) is 5.11 Å². The van der Waals surface area contributed by atoms with Gasteiger partial charge in [0.2, 0.25) is 0 Å². The fourth-order valence-corrected chi connectivity index (χ4v) is 1.91. The predicted octanol–water partition coefficient (Wildman–Crippen LogP) is 0.254. The van der Waals surface area contributed by atoms with Gasteiger partial charge >= 0.3 is 0 Å². The molecule has 0 aromatic rings. The van der Waals surface area contributed by atoms with Gasteiger partial charge in [-0.1, -0.05) is 6.92 Å². The van der Waals surface area contributed by atoms with Gasteiger partial charge in [0.05, 0.1) is 6.61 Å². The van der Waals surface area contributed by atoms with Crippen LogP contribution in [0.3, 0.4) is 0 Å². The maximum atomic E-state index is 11.1. The monoisotopic (exact) mass is 252 g/mol. The molecule has 90 valence electrons. The molecule has 0 bridgehead atoms. The van der Waals surface area contributed by atoms with Gasteiger partial charge in [-0.2, -0.15) is 0 Å². The maximum Gasteiger partial charge on any atom is 0.166 e. The van der Waals surface area contributed by atoms with Crippen LogP contribution in [0, 0.1) is 0 Å². The van der Waals surface area contributed by atoms with Crippen LogP contribution in [-0.2, 0) is 15.5 Å². The molecule has 0 aliphatic carbocycles. The fraction of sp³-hybridized carbons (Fsp3) is 0.889. The van der Waals surface area contributed by atoms with Crippen LogP contribution in [-0.4, -0.2) is 47.1 Å². The van der Waals surface area contributed by atoms with E-state index in [-0.39, 0.29) is 6.04 Å². The van der Waals surface area contributed by atoms with Crippen LogP contribution in [0.4, 0.5) is 0 Å². The highest BCUT2D eigenvalue weighted by atomic mass is 32.2. The van der Waals surface area contributed by atoms with E-state index in [9.17, 15) is 4.21 Å². The van der Waals surface area contributed by atoms with Crippen molar-refractivity contribution in [1.82, 2.24) is 10.6 Å². The number of thiocarbonyl (C=S) groups is 1. The second kappa shape index (κ2) is 9.06. The molecule has 0 heterocycles. The van der Waals surface area contributed by atoms with Crippen LogP contribution in [0.5, 0.6) is 0 Å². The lowest BCUT2D eigenvalue weighted by atomic mass is 10.4. The van der Waals surface area contributed by atoms with Crippen molar-refractivity contribution >= 4 is 28.1 Å². The highest BCUT2D eigenvalue weighted by Crippen LogP contribution is 1.83. The van der Waals surface area contributed by atoms with Gasteiger partial charge in [0.25, 0.3) is 0 Å². The van der Waals surface area contributed by atoms with Crippen LogP contribution >= 0.6 is 12.2 Å². The zero-order chi connectivity index (χ0) is 11.7. The van der Waals surface area contributed by atoms with Crippen molar-refractivity contribution < 1.29 is 8.95 Å². The molecule has 6 heteroatoms. The molecule has 0 aliphatic heterocycles. The van der Waals surface area contributed by atoms with Gasteiger partial charge in [-0.15, -0.1) is 0 Å². The molecule has 2 unspecified atom stereocenters. The minimum atomic E-state index is -0.734. The summed E-state index contributed by atoms with van der Waals surface area (Å²) in [6, 6.07) is 0.187. The molecule has 0 aliphatic rings. The Labute approximate surface area is 99.6 Å². The van der Waals surface area contributed by atoms with Gasteiger partial charge in [-0.05, 0) is 19.1 Å². The zero-order valence-corrected chi connectivity index (χ0v) is 11.2. The molecular formula is C9H20N2O2S2. The first kappa shape index (κ1) is 14.8. The Morgan fingerprint density at radius 2 is 2.27 bits per heavy atom. The Morgan fingerprint density at radius 3 is 2.80 bits per heavy atom. The number of hydrogen-bond donors (Lipinski definition) is 2. The summed E-state index contributed by atoms with van der Waals surface area (Å²) in [5.74, 6) is 1.33. The predicted molar refractivity (Wildman–Crippen MR) is 68.6 cm³/mol. The first-order valence-electron chi connectivity index (χ1n) is 4.98. The van der Waals surface area contributed by atoms with Crippen molar-refractivity contribution in [3.63, 3.8) is 0 Å². The van der Waals surface area contributed by atoms with E-state index < -0.39 is 10.8 Å². The molecule has 0 spiro atoms. The van der Waals surface area contributed by atoms with Gasteiger partial charge in [0.1, 0.15) is 0 Å². The smallest absolute Gasteiger partial charge is 0.166 e. The molecule has 0 rings (SSSR count). The Balaban J connectivity index is 3.53.